The minimum atomic E-state index is -0.329. The Morgan fingerprint density at radius 2 is 1.72 bits per heavy atom. The molecule has 0 spiro atoms. The molecular formula is C15H13BrO2. The number of benzene rings is 2. The monoisotopic (exact) mass is 304 g/mol. The summed E-state index contributed by atoms with van der Waals surface area (Å²) in [5.41, 5.74) is 1.95. The van der Waals surface area contributed by atoms with Crippen molar-refractivity contribution in [1.82, 2.24) is 0 Å². The summed E-state index contributed by atoms with van der Waals surface area (Å²) in [6.07, 6.45) is 0.852. The number of rotatable bonds is 5. The lowest BCUT2D eigenvalue weighted by atomic mass is 10.1. The van der Waals surface area contributed by atoms with Gasteiger partial charge in [-0.1, -0.05) is 64.5 Å². The molecule has 0 fully saturated rings. The molecule has 1 atom stereocenters. The smallest absolute Gasteiger partial charge is 0.138 e. The highest BCUT2D eigenvalue weighted by Gasteiger charge is 2.11. The molecule has 0 aromatic heterocycles. The molecule has 3 heteroatoms. The van der Waals surface area contributed by atoms with Gasteiger partial charge in [0, 0.05) is 5.56 Å². The van der Waals surface area contributed by atoms with Crippen LogP contribution < -0.4 is 4.74 Å². The molecule has 18 heavy (non-hydrogen) atoms. The predicted molar refractivity (Wildman–Crippen MR) is 74.9 cm³/mol. The van der Waals surface area contributed by atoms with Crippen molar-refractivity contribution in [3.8, 4) is 5.75 Å². The third-order valence-electron chi connectivity index (χ3n) is 2.57. The van der Waals surface area contributed by atoms with Crippen molar-refractivity contribution in [2.75, 3.05) is 0 Å². The van der Waals surface area contributed by atoms with Gasteiger partial charge in [0.25, 0.3) is 0 Å². The topological polar surface area (TPSA) is 26.3 Å². The first-order valence-corrected chi connectivity index (χ1v) is 6.58. The fourth-order valence-electron chi connectivity index (χ4n) is 1.65. The Labute approximate surface area is 115 Å². The number of carbonyl (C=O) groups excluding carboxylic acids is 1. The first-order valence-electron chi connectivity index (χ1n) is 5.66. The van der Waals surface area contributed by atoms with E-state index in [2.05, 4.69) is 15.9 Å². The molecule has 0 heterocycles. The highest BCUT2D eigenvalue weighted by molar-refractivity contribution is 9.09. The van der Waals surface area contributed by atoms with Crippen LogP contribution in [0.5, 0.6) is 5.75 Å². The molecule has 0 aliphatic heterocycles. The number of alkyl halides is 1. The Balaban J connectivity index is 2.12. The van der Waals surface area contributed by atoms with E-state index in [1.54, 1.807) is 0 Å². The van der Waals surface area contributed by atoms with Crippen molar-refractivity contribution in [3.05, 3.63) is 65.7 Å². The highest BCUT2D eigenvalue weighted by atomic mass is 79.9. The number of halogens is 1. The van der Waals surface area contributed by atoms with Crippen LogP contribution in [0.2, 0.25) is 0 Å². The van der Waals surface area contributed by atoms with Gasteiger partial charge in [-0.05, 0) is 11.6 Å². The maximum Gasteiger partial charge on any atom is 0.138 e. The van der Waals surface area contributed by atoms with Crippen LogP contribution in [0, 0.1) is 0 Å². The molecule has 0 radical (unpaired) electrons. The van der Waals surface area contributed by atoms with Gasteiger partial charge in [-0.2, -0.15) is 0 Å². The third-order valence-corrected chi connectivity index (χ3v) is 3.28. The van der Waals surface area contributed by atoms with E-state index in [1.165, 1.54) is 0 Å². The largest absolute Gasteiger partial charge is 0.489 e. The van der Waals surface area contributed by atoms with E-state index < -0.39 is 0 Å². The summed E-state index contributed by atoms with van der Waals surface area (Å²) in [7, 11) is 0. The lowest BCUT2D eigenvalue weighted by Crippen LogP contribution is -2.00. The Morgan fingerprint density at radius 3 is 2.44 bits per heavy atom. The Bertz CT molecular complexity index is 511. The van der Waals surface area contributed by atoms with E-state index >= 15 is 0 Å². The zero-order valence-corrected chi connectivity index (χ0v) is 11.3. The van der Waals surface area contributed by atoms with Gasteiger partial charge in [0.05, 0.1) is 4.83 Å². The fraction of sp³-hybridized carbons (Fsp3) is 0.133. The van der Waals surface area contributed by atoms with Crippen LogP contribution in [0.15, 0.2) is 54.6 Å². The molecule has 0 aliphatic carbocycles. The Kier molecular flexibility index (Phi) is 4.53. The van der Waals surface area contributed by atoms with Crippen LogP contribution in [0.4, 0.5) is 0 Å². The van der Waals surface area contributed by atoms with Gasteiger partial charge in [0.1, 0.15) is 18.6 Å². The molecule has 0 saturated heterocycles. The second-order valence-electron chi connectivity index (χ2n) is 3.85. The lowest BCUT2D eigenvalue weighted by molar-refractivity contribution is -0.107. The van der Waals surface area contributed by atoms with Crippen LogP contribution >= 0.6 is 15.9 Å². The summed E-state index contributed by atoms with van der Waals surface area (Å²) in [6, 6.07) is 17.5. The summed E-state index contributed by atoms with van der Waals surface area (Å²) < 4.78 is 5.76. The summed E-state index contributed by atoms with van der Waals surface area (Å²) >= 11 is 3.31. The lowest BCUT2D eigenvalue weighted by Gasteiger charge is -2.12. The molecule has 2 nitrogen and oxygen atoms in total. The van der Waals surface area contributed by atoms with Crippen molar-refractivity contribution in [3.63, 3.8) is 0 Å². The molecule has 2 rings (SSSR count). The van der Waals surface area contributed by atoms with Crippen LogP contribution in [-0.2, 0) is 11.4 Å². The van der Waals surface area contributed by atoms with E-state index in [-0.39, 0.29) is 4.83 Å². The summed E-state index contributed by atoms with van der Waals surface area (Å²) in [5, 5.41) is 0. The summed E-state index contributed by atoms with van der Waals surface area (Å²) in [5.74, 6) is 0.732. The minimum Gasteiger partial charge on any atom is -0.489 e. The quantitative estimate of drug-likeness (QED) is 0.618. The Hall–Kier alpha value is -1.61. The van der Waals surface area contributed by atoms with Crippen LogP contribution in [-0.4, -0.2) is 6.29 Å². The maximum atomic E-state index is 10.8. The van der Waals surface area contributed by atoms with Gasteiger partial charge >= 0.3 is 0 Å². The fourth-order valence-corrected chi connectivity index (χ4v) is 2.03. The second kappa shape index (κ2) is 6.36. The molecule has 92 valence electrons. The van der Waals surface area contributed by atoms with Crippen molar-refractivity contribution in [1.29, 1.82) is 0 Å². The Morgan fingerprint density at radius 1 is 1.06 bits per heavy atom. The molecule has 2 aromatic carbocycles. The van der Waals surface area contributed by atoms with Crippen LogP contribution in [0.25, 0.3) is 0 Å². The second-order valence-corrected chi connectivity index (χ2v) is 4.84. The van der Waals surface area contributed by atoms with E-state index in [0.717, 1.165) is 23.2 Å². The number of para-hydroxylation sites is 1. The number of aldehydes is 1. The van der Waals surface area contributed by atoms with Crippen molar-refractivity contribution in [2.24, 2.45) is 0 Å². The molecule has 0 aliphatic rings. The zero-order valence-electron chi connectivity index (χ0n) is 9.75. The summed E-state index contributed by atoms with van der Waals surface area (Å²) in [6.45, 7) is 0.496. The van der Waals surface area contributed by atoms with E-state index in [4.69, 9.17) is 4.74 Å². The van der Waals surface area contributed by atoms with Crippen molar-refractivity contribution in [2.45, 2.75) is 11.4 Å². The number of hydrogen-bond donors (Lipinski definition) is 0. The average molecular weight is 305 g/mol. The third kappa shape index (κ3) is 3.20. The van der Waals surface area contributed by atoms with Gasteiger partial charge in [-0.15, -0.1) is 0 Å². The van der Waals surface area contributed by atoms with E-state index in [0.29, 0.717) is 6.61 Å². The minimum absolute atomic E-state index is 0.329. The van der Waals surface area contributed by atoms with Gasteiger partial charge in [-0.3, -0.25) is 0 Å². The molecule has 0 saturated carbocycles. The zero-order chi connectivity index (χ0) is 12.8. The predicted octanol–water partition coefficient (Wildman–Crippen LogP) is 3.90. The van der Waals surface area contributed by atoms with Gasteiger partial charge in [0.15, 0.2) is 0 Å². The normalized spacial score (nSPS) is 11.8. The first kappa shape index (κ1) is 12.8. The molecule has 0 unspecified atom stereocenters. The first-order chi connectivity index (χ1) is 8.81. The number of ether oxygens (including phenoxy) is 1. The van der Waals surface area contributed by atoms with Crippen LogP contribution in [0.1, 0.15) is 16.0 Å². The van der Waals surface area contributed by atoms with Gasteiger partial charge in [0.2, 0.25) is 0 Å². The SMILES string of the molecule is O=C[C@@H](Br)c1ccccc1OCc1ccccc1. The van der Waals surface area contributed by atoms with Crippen molar-refractivity contribution >= 4 is 22.2 Å². The molecule has 0 N–H and O–H groups in total. The van der Waals surface area contributed by atoms with Crippen LogP contribution in [0.3, 0.4) is 0 Å². The molecule has 2 aromatic rings. The van der Waals surface area contributed by atoms with Crippen molar-refractivity contribution < 1.29 is 9.53 Å². The molecule has 0 amide bonds. The highest BCUT2D eigenvalue weighted by Crippen LogP contribution is 2.29. The van der Waals surface area contributed by atoms with Gasteiger partial charge in [-0.25, -0.2) is 0 Å². The number of carbonyl (C=O) groups is 1. The van der Waals surface area contributed by atoms with Gasteiger partial charge < -0.3 is 9.53 Å². The molecule has 0 bridgehead atoms. The number of hydrogen-bond acceptors (Lipinski definition) is 2. The standard InChI is InChI=1S/C15H13BrO2/c16-14(10-17)13-8-4-5-9-15(13)18-11-12-6-2-1-3-7-12/h1-10,14H,11H2/t14-/m1/s1. The van der Waals surface area contributed by atoms with E-state index in [9.17, 15) is 4.79 Å². The maximum absolute atomic E-state index is 10.8. The summed E-state index contributed by atoms with van der Waals surface area (Å²) in [4.78, 5) is 10.5. The molecular weight excluding hydrogens is 292 g/mol. The van der Waals surface area contributed by atoms with E-state index in [1.807, 2.05) is 54.6 Å². The average Bonchev–Trinajstić information content (AvgIpc) is 2.45.